The monoisotopic (exact) mass is 318 g/mol. The van der Waals surface area contributed by atoms with Crippen LogP contribution in [0.5, 0.6) is 0 Å². The Labute approximate surface area is 125 Å². The summed E-state index contributed by atoms with van der Waals surface area (Å²) < 4.78 is 42.4. The van der Waals surface area contributed by atoms with Crippen LogP contribution in [0, 0.1) is 0 Å². The van der Waals surface area contributed by atoms with E-state index in [0.717, 1.165) is 18.8 Å². The highest BCUT2D eigenvalue weighted by Crippen LogP contribution is 2.39. The maximum atomic E-state index is 12.3. The Bertz CT molecular complexity index is 535. The molecule has 0 spiro atoms. The Kier molecular flexibility index (Phi) is 4.55. The number of nitrogens with one attached hydrogen (secondary N) is 2. The van der Waals surface area contributed by atoms with Gasteiger partial charge < -0.3 is 15.4 Å². The van der Waals surface area contributed by atoms with Crippen LogP contribution in [-0.4, -0.2) is 34.2 Å². The van der Waals surface area contributed by atoms with Gasteiger partial charge in [0.05, 0.1) is 11.6 Å². The highest BCUT2D eigenvalue weighted by molar-refractivity contribution is 5.74. The summed E-state index contributed by atoms with van der Waals surface area (Å²) in [7, 11) is 0. The second kappa shape index (κ2) is 6.07. The molecule has 1 aliphatic rings. The van der Waals surface area contributed by atoms with Crippen LogP contribution in [0.3, 0.4) is 0 Å². The number of carbonyl (C=O) groups excluding carboxylic acids is 1. The maximum Gasteiger partial charge on any atom is 0.451 e. The van der Waals surface area contributed by atoms with Gasteiger partial charge in [0.25, 0.3) is 0 Å². The normalized spacial score (nSPS) is 24.0. The maximum absolute atomic E-state index is 12.3. The van der Waals surface area contributed by atoms with E-state index < -0.39 is 18.0 Å². The number of rotatable bonds is 5. The van der Waals surface area contributed by atoms with Gasteiger partial charge in [-0.3, -0.25) is 0 Å². The van der Waals surface area contributed by atoms with Crippen molar-refractivity contribution in [3.63, 3.8) is 0 Å². The van der Waals surface area contributed by atoms with Crippen LogP contribution >= 0.6 is 0 Å². The van der Waals surface area contributed by atoms with Gasteiger partial charge in [0.2, 0.25) is 5.82 Å². The Morgan fingerprint density at radius 1 is 1.45 bits per heavy atom. The van der Waals surface area contributed by atoms with Crippen molar-refractivity contribution in [2.75, 3.05) is 6.61 Å². The van der Waals surface area contributed by atoms with E-state index in [1.165, 1.54) is 0 Å². The van der Waals surface area contributed by atoms with Crippen LogP contribution in [0.25, 0.3) is 0 Å². The summed E-state index contributed by atoms with van der Waals surface area (Å²) >= 11 is 0. The second-order valence-corrected chi connectivity index (χ2v) is 5.24. The molecule has 0 aromatic carbocycles. The molecule has 1 aromatic rings. The fourth-order valence-electron chi connectivity index (χ4n) is 2.02. The van der Waals surface area contributed by atoms with E-state index in [2.05, 4.69) is 20.6 Å². The van der Waals surface area contributed by atoms with Crippen molar-refractivity contribution < 1.29 is 22.7 Å². The lowest BCUT2D eigenvalue weighted by Gasteiger charge is -2.12. The van der Waals surface area contributed by atoms with E-state index in [1.54, 1.807) is 0 Å². The molecule has 1 aromatic heterocycles. The SMILES string of the molecule is CCO[C@@]1(C)C[C@H]1NC(=O)NCc1cnc(C(F)(F)F)nc1. The molecule has 0 unspecified atom stereocenters. The van der Waals surface area contributed by atoms with Crippen molar-refractivity contribution >= 4 is 6.03 Å². The third-order valence-electron chi connectivity index (χ3n) is 3.38. The first-order valence-corrected chi connectivity index (χ1v) is 6.81. The molecule has 1 saturated carbocycles. The quantitative estimate of drug-likeness (QED) is 0.869. The molecular weight excluding hydrogens is 301 g/mol. The predicted molar refractivity (Wildman–Crippen MR) is 70.8 cm³/mol. The van der Waals surface area contributed by atoms with Gasteiger partial charge in [0.1, 0.15) is 0 Å². The third-order valence-corrected chi connectivity index (χ3v) is 3.38. The second-order valence-electron chi connectivity index (χ2n) is 5.24. The molecule has 1 aliphatic carbocycles. The van der Waals surface area contributed by atoms with Gasteiger partial charge in [-0.2, -0.15) is 13.2 Å². The zero-order valence-corrected chi connectivity index (χ0v) is 12.2. The minimum Gasteiger partial charge on any atom is -0.373 e. The topological polar surface area (TPSA) is 76.1 Å². The van der Waals surface area contributed by atoms with Gasteiger partial charge in [0, 0.05) is 37.5 Å². The summed E-state index contributed by atoms with van der Waals surface area (Å²) in [5.74, 6) is -1.20. The van der Waals surface area contributed by atoms with Crippen LogP contribution < -0.4 is 10.6 Å². The van der Waals surface area contributed by atoms with Gasteiger partial charge in [-0.15, -0.1) is 0 Å². The lowest BCUT2D eigenvalue weighted by atomic mass is 10.3. The first-order chi connectivity index (χ1) is 10.2. The fourth-order valence-corrected chi connectivity index (χ4v) is 2.02. The molecule has 2 atom stereocenters. The first kappa shape index (κ1) is 16.5. The van der Waals surface area contributed by atoms with Crippen molar-refractivity contribution in [2.45, 2.75) is 44.6 Å². The number of aromatic nitrogens is 2. The molecule has 2 amide bonds. The number of nitrogens with zero attached hydrogens (tertiary/aromatic N) is 2. The van der Waals surface area contributed by atoms with Gasteiger partial charge in [0.15, 0.2) is 0 Å². The van der Waals surface area contributed by atoms with Crippen molar-refractivity contribution in [3.8, 4) is 0 Å². The Balaban J connectivity index is 1.77. The van der Waals surface area contributed by atoms with Crippen molar-refractivity contribution in [1.29, 1.82) is 0 Å². The lowest BCUT2D eigenvalue weighted by molar-refractivity contribution is -0.145. The number of halogens is 3. The minimum absolute atomic E-state index is 0.0437. The fraction of sp³-hybridized carbons (Fsp3) is 0.615. The molecule has 0 saturated heterocycles. The number of hydrogen-bond acceptors (Lipinski definition) is 4. The van der Waals surface area contributed by atoms with Crippen LogP contribution in [0.4, 0.5) is 18.0 Å². The van der Waals surface area contributed by atoms with Crippen LogP contribution in [0.15, 0.2) is 12.4 Å². The average molecular weight is 318 g/mol. The van der Waals surface area contributed by atoms with Crippen LogP contribution in [-0.2, 0) is 17.5 Å². The Morgan fingerprint density at radius 3 is 2.64 bits per heavy atom. The molecule has 9 heteroatoms. The first-order valence-electron chi connectivity index (χ1n) is 6.81. The number of alkyl halides is 3. The summed E-state index contributed by atoms with van der Waals surface area (Å²) in [6, 6.07) is -0.468. The summed E-state index contributed by atoms with van der Waals surface area (Å²) in [5.41, 5.74) is 0.0512. The number of ether oxygens (including phenoxy) is 1. The predicted octanol–water partition coefficient (Wildman–Crippen LogP) is 1.86. The van der Waals surface area contributed by atoms with Crippen LogP contribution in [0.2, 0.25) is 0 Å². The number of amides is 2. The third kappa shape index (κ3) is 4.06. The molecule has 2 N–H and O–H groups in total. The van der Waals surface area contributed by atoms with E-state index >= 15 is 0 Å². The van der Waals surface area contributed by atoms with Crippen molar-refractivity contribution in [1.82, 2.24) is 20.6 Å². The lowest BCUT2D eigenvalue weighted by Crippen LogP contribution is -2.39. The Morgan fingerprint density at radius 2 is 2.09 bits per heavy atom. The molecular formula is C13H17F3N4O2. The summed E-state index contributed by atoms with van der Waals surface area (Å²) in [4.78, 5) is 18.1. The molecule has 1 fully saturated rings. The van der Waals surface area contributed by atoms with E-state index in [4.69, 9.17) is 4.74 Å². The molecule has 0 bridgehead atoms. The molecule has 122 valence electrons. The Hall–Kier alpha value is -1.90. The van der Waals surface area contributed by atoms with E-state index in [9.17, 15) is 18.0 Å². The standard InChI is InChI=1S/C13H17F3N4O2/c1-3-22-12(2)4-9(12)20-11(21)19-7-8-5-17-10(18-6-8)13(14,15)16/h5-6,9H,3-4,7H2,1-2H3,(H2,19,20,21)/t9-,12+/m1/s1. The molecule has 0 radical (unpaired) electrons. The largest absolute Gasteiger partial charge is 0.451 e. The van der Waals surface area contributed by atoms with Crippen molar-refractivity contribution in [2.24, 2.45) is 0 Å². The zero-order chi connectivity index (χ0) is 16.4. The summed E-state index contributed by atoms with van der Waals surface area (Å²) in [6.45, 7) is 4.40. The molecule has 1 heterocycles. The molecule has 22 heavy (non-hydrogen) atoms. The number of carbonyl (C=O) groups is 1. The molecule has 2 rings (SSSR count). The average Bonchev–Trinajstić information content (AvgIpc) is 3.06. The summed E-state index contributed by atoms with van der Waals surface area (Å²) in [5, 5.41) is 5.28. The smallest absolute Gasteiger partial charge is 0.373 e. The summed E-state index contributed by atoms with van der Waals surface area (Å²) in [6.07, 6.45) is -1.76. The van der Waals surface area contributed by atoms with E-state index in [1.807, 2.05) is 13.8 Å². The number of hydrogen-bond donors (Lipinski definition) is 2. The van der Waals surface area contributed by atoms with Gasteiger partial charge in [-0.1, -0.05) is 0 Å². The highest BCUT2D eigenvalue weighted by Gasteiger charge is 2.52. The number of urea groups is 1. The molecule has 0 aliphatic heterocycles. The van der Waals surface area contributed by atoms with Gasteiger partial charge in [-0.25, -0.2) is 14.8 Å². The van der Waals surface area contributed by atoms with Gasteiger partial charge in [-0.05, 0) is 13.8 Å². The van der Waals surface area contributed by atoms with Crippen LogP contribution in [0.1, 0.15) is 31.7 Å². The van der Waals surface area contributed by atoms with Crippen molar-refractivity contribution in [3.05, 3.63) is 23.8 Å². The van der Waals surface area contributed by atoms with Gasteiger partial charge >= 0.3 is 12.2 Å². The minimum atomic E-state index is -4.57. The van der Waals surface area contributed by atoms with E-state index in [0.29, 0.717) is 12.2 Å². The van der Waals surface area contributed by atoms with E-state index in [-0.39, 0.29) is 18.2 Å². The molecule has 6 nitrogen and oxygen atoms in total. The highest BCUT2D eigenvalue weighted by atomic mass is 19.4. The zero-order valence-electron chi connectivity index (χ0n) is 12.2.